The van der Waals surface area contributed by atoms with E-state index in [2.05, 4.69) is 44.4 Å². The maximum atomic E-state index is 13.3. The molecule has 1 aromatic carbocycles. The molecule has 1 aliphatic rings. The van der Waals surface area contributed by atoms with Crippen LogP contribution in [0.2, 0.25) is 0 Å². The lowest BCUT2D eigenvalue weighted by Gasteiger charge is -2.35. The second-order valence-electron chi connectivity index (χ2n) is 6.75. The monoisotopic (exact) mass is 356 g/mol. The maximum absolute atomic E-state index is 13.3. The Balaban J connectivity index is 1.52. The van der Waals surface area contributed by atoms with Gasteiger partial charge in [-0.2, -0.15) is 4.39 Å². The molecule has 138 valence electrons. The summed E-state index contributed by atoms with van der Waals surface area (Å²) in [5, 5.41) is 2.90. The molecule has 0 bridgehead atoms. The number of carbonyl (C=O) groups excluding carboxylic acids is 1. The maximum Gasteiger partial charge on any atom is 0.217 e. The molecule has 1 unspecified atom stereocenters. The van der Waals surface area contributed by atoms with Crippen molar-refractivity contribution in [1.29, 1.82) is 0 Å². The highest BCUT2D eigenvalue weighted by molar-refractivity contribution is 5.73. The highest BCUT2D eigenvalue weighted by atomic mass is 19.1. The van der Waals surface area contributed by atoms with Crippen LogP contribution < -0.4 is 10.2 Å². The number of aromatic nitrogens is 1. The summed E-state index contributed by atoms with van der Waals surface area (Å²) in [5.41, 5.74) is 2.35. The molecule has 1 aliphatic heterocycles. The molecule has 5 nitrogen and oxygen atoms in total. The Morgan fingerprint density at radius 3 is 2.46 bits per heavy atom. The van der Waals surface area contributed by atoms with Gasteiger partial charge in [-0.05, 0) is 30.2 Å². The quantitative estimate of drug-likeness (QED) is 0.837. The number of benzene rings is 1. The molecule has 0 aliphatic carbocycles. The zero-order valence-corrected chi connectivity index (χ0v) is 15.3. The van der Waals surface area contributed by atoms with Crippen molar-refractivity contribution in [1.82, 2.24) is 15.2 Å². The van der Waals surface area contributed by atoms with E-state index >= 15 is 0 Å². The first-order valence-electron chi connectivity index (χ1n) is 8.97. The van der Waals surface area contributed by atoms with Crippen LogP contribution >= 0.6 is 0 Å². The van der Waals surface area contributed by atoms with Crippen molar-refractivity contribution in [3.05, 3.63) is 59.5 Å². The van der Waals surface area contributed by atoms with E-state index in [4.69, 9.17) is 0 Å². The van der Waals surface area contributed by atoms with Crippen LogP contribution in [0.4, 0.5) is 10.2 Å². The van der Waals surface area contributed by atoms with Gasteiger partial charge in [0, 0.05) is 39.6 Å². The van der Waals surface area contributed by atoms with E-state index < -0.39 is 5.95 Å². The molecule has 0 spiro atoms. The summed E-state index contributed by atoms with van der Waals surface area (Å²) in [7, 11) is 0. The Labute approximate surface area is 153 Å². The van der Waals surface area contributed by atoms with Crippen molar-refractivity contribution < 1.29 is 9.18 Å². The molecule has 1 N–H and O–H groups in total. The number of halogens is 1. The van der Waals surface area contributed by atoms with Crippen LogP contribution in [0.3, 0.4) is 0 Å². The Morgan fingerprint density at radius 2 is 1.85 bits per heavy atom. The first-order valence-corrected chi connectivity index (χ1v) is 8.97. The zero-order valence-electron chi connectivity index (χ0n) is 15.3. The lowest BCUT2D eigenvalue weighted by atomic mass is 10.1. The topological polar surface area (TPSA) is 48.5 Å². The van der Waals surface area contributed by atoms with Crippen LogP contribution in [0.5, 0.6) is 0 Å². The molecule has 6 heteroatoms. The van der Waals surface area contributed by atoms with Gasteiger partial charge in [0.2, 0.25) is 11.9 Å². The van der Waals surface area contributed by atoms with Gasteiger partial charge in [0.05, 0.1) is 6.04 Å². The van der Waals surface area contributed by atoms with Crippen LogP contribution in [-0.2, 0) is 11.3 Å². The molecule has 26 heavy (non-hydrogen) atoms. The fraction of sp³-hybridized carbons (Fsp3) is 0.400. The summed E-state index contributed by atoms with van der Waals surface area (Å²) in [4.78, 5) is 19.6. The predicted octanol–water partition coefficient (Wildman–Crippen LogP) is 2.74. The standard InChI is InChI=1S/C20H25FN4O/c1-15(22-16(2)26)18-8-6-17(7-9-18)14-24-10-12-25(13-11-24)20-5-3-4-19(21)23-20/h3-9,15H,10-14H2,1-2H3,(H,22,26). The van der Waals surface area contributed by atoms with Crippen molar-refractivity contribution in [3.8, 4) is 0 Å². The van der Waals surface area contributed by atoms with Gasteiger partial charge in [-0.25, -0.2) is 4.98 Å². The van der Waals surface area contributed by atoms with E-state index in [0.29, 0.717) is 5.82 Å². The Bertz CT molecular complexity index is 742. The molecule has 0 saturated carbocycles. The van der Waals surface area contributed by atoms with Crippen LogP contribution in [0.1, 0.15) is 31.0 Å². The van der Waals surface area contributed by atoms with Crippen LogP contribution in [-0.4, -0.2) is 42.0 Å². The summed E-state index contributed by atoms with van der Waals surface area (Å²) in [6.07, 6.45) is 0. The van der Waals surface area contributed by atoms with Crippen LogP contribution in [0.15, 0.2) is 42.5 Å². The number of pyridine rings is 1. The van der Waals surface area contributed by atoms with E-state index in [9.17, 15) is 9.18 Å². The van der Waals surface area contributed by atoms with E-state index in [1.54, 1.807) is 6.07 Å². The fourth-order valence-electron chi connectivity index (χ4n) is 3.27. The normalized spacial score (nSPS) is 16.3. The van der Waals surface area contributed by atoms with Gasteiger partial charge in [-0.15, -0.1) is 0 Å². The fourth-order valence-corrected chi connectivity index (χ4v) is 3.27. The van der Waals surface area contributed by atoms with Gasteiger partial charge in [0.1, 0.15) is 5.82 Å². The molecule has 2 heterocycles. The lowest BCUT2D eigenvalue weighted by molar-refractivity contribution is -0.119. The number of hydrogen-bond acceptors (Lipinski definition) is 4. The van der Waals surface area contributed by atoms with E-state index in [1.807, 2.05) is 13.0 Å². The van der Waals surface area contributed by atoms with Crippen molar-refractivity contribution in [3.63, 3.8) is 0 Å². The highest BCUT2D eigenvalue weighted by Crippen LogP contribution is 2.17. The molecule has 2 aromatic rings. The minimum Gasteiger partial charge on any atom is -0.354 e. The summed E-state index contributed by atoms with van der Waals surface area (Å²) < 4.78 is 13.3. The molecule has 1 fully saturated rings. The third-order valence-corrected chi connectivity index (χ3v) is 4.70. The van der Waals surface area contributed by atoms with Gasteiger partial charge in [0.15, 0.2) is 0 Å². The first kappa shape index (κ1) is 18.3. The number of carbonyl (C=O) groups is 1. The summed E-state index contributed by atoms with van der Waals surface area (Å²) in [6.45, 7) is 7.92. The molecule has 0 radical (unpaired) electrons. The highest BCUT2D eigenvalue weighted by Gasteiger charge is 2.18. The van der Waals surface area contributed by atoms with Gasteiger partial charge in [-0.3, -0.25) is 9.69 Å². The Kier molecular flexibility index (Phi) is 5.83. The number of anilines is 1. The first-order chi connectivity index (χ1) is 12.5. The molecule has 3 rings (SSSR count). The van der Waals surface area contributed by atoms with Gasteiger partial charge in [0.25, 0.3) is 0 Å². The summed E-state index contributed by atoms with van der Waals surface area (Å²) >= 11 is 0. The van der Waals surface area contributed by atoms with E-state index in [1.165, 1.54) is 18.6 Å². The SMILES string of the molecule is CC(=O)NC(C)c1ccc(CN2CCN(c3cccc(F)n3)CC2)cc1. The van der Waals surface area contributed by atoms with Crippen molar-refractivity contribution in [2.24, 2.45) is 0 Å². The second kappa shape index (κ2) is 8.27. The lowest BCUT2D eigenvalue weighted by Crippen LogP contribution is -2.46. The van der Waals surface area contributed by atoms with E-state index in [0.717, 1.165) is 38.3 Å². The Morgan fingerprint density at radius 1 is 1.15 bits per heavy atom. The van der Waals surface area contributed by atoms with Crippen molar-refractivity contribution in [2.75, 3.05) is 31.1 Å². The molecule has 1 atom stereocenters. The van der Waals surface area contributed by atoms with Gasteiger partial charge >= 0.3 is 0 Å². The molecule has 1 aromatic heterocycles. The van der Waals surface area contributed by atoms with Crippen LogP contribution in [0.25, 0.3) is 0 Å². The number of nitrogens with one attached hydrogen (secondary N) is 1. The minimum atomic E-state index is -0.432. The number of piperazine rings is 1. The molecular weight excluding hydrogens is 331 g/mol. The number of nitrogens with zero attached hydrogens (tertiary/aromatic N) is 3. The third kappa shape index (κ3) is 4.79. The van der Waals surface area contributed by atoms with Crippen molar-refractivity contribution >= 4 is 11.7 Å². The van der Waals surface area contributed by atoms with Gasteiger partial charge in [-0.1, -0.05) is 30.3 Å². The zero-order chi connectivity index (χ0) is 18.5. The minimum absolute atomic E-state index is 0.0175. The molecular formula is C20H25FN4O. The van der Waals surface area contributed by atoms with Crippen LogP contribution in [0, 0.1) is 5.95 Å². The smallest absolute Gasteiger partial charge is 0.217 e. The van der Waals surface area contributed by atoms with Gasteiger partial charge < -0.3 is 10.2 Å². The third-order valence-electron chi connectivity index (χ3n) is 4.70. The van der Waals surface area contributed by atoms with E-state index in [-0.39, 0.29) is 11.9 Å². The number of rotatable bonds is 5. The largest absolute Gasteiger partial charge is 0.354 e. The summed E-state index contributed by atoms with van der Waals surface area (Å²) in [5.74, 6) is 0.256. The molecule has 1 saturated heterocycles. The predicted molar refractivity (Wildman–Crippen MR) is 100 cm³/mol. The molecule has 1 amide bonds. The van der Waals surface area contributed by atoms with Crippen molar-refractivity contribution in [2.45, 2.75) is 26.4 Å². The average Bonchev–Trinajstić information content (AvgIpc) is 2.62. The number of amides is 1. The number of hydrogen-bond donors (Lipinski definition) is 1. The average molecular weight is 356 g/mol. The Hall–Kier alpha value is -2.47. The second-order valence-corrected chi connectivity index (χ2v) is 6.75. The summed E-state index contributed by atoms with van der Waals surface area (Å²) in [6, 6.07) is 13.3.